The first-order chi connectivity index (χ1) is 10.1. The number of furan rings is 1. The van der Waals surface area contributed by atoms with Crippen molar-refractivity contribution in [1.82, 2.24) is 5.32 Å². The number of hydrogen-bond acceptors (Lipinski definition) is 3. The van der Waals surface area contributed by atoms with Crippen molar-refractivity contribution >= 4 is 0 Å². The van der Waals surface area contributed by atoms with Gasteiger partial charge in [0.2, 0.25) is 0 Å². The highest BCUT2D eigenvalue weighted by Crippen LogP contribution is 2.28. The van der Waals surface area contributed by atoms with E-state index in [4.69, 9.17) is 9.15 Å². The number of nitrogens with one attached hydrogen (secondary N) is 1. The number of hydrogen-bond donors (Lipinski definition) is 1. The van der Waals surface area contributed by atoms with Crippen molar-refractivity contribution in [2.24, 2.45) is 0 Å². The Labute approximate surface area is 127 Å². The molecule has 0 amide bonds. The molecule has 3 heteroatoms. The predicted octanol–water partition coefficient (Wildman–Crippen LogP) is 4.46. The molecule has 0 spiro atoms. The Hall–Kier alpha value is -1.74. The third-order valence-electron chi connectivity index (χ3n) is 3.33. The van der Waals surface area contributed by atoms with E-state index in [1.165, 1.54) is 11.1 Å². The van der Waals surface area contributed by atoms with Gasteiger partial charge in [-0.1, -0.05) is 19.1 Å². The highest BCUT2D eigenvalue weighted by atomic mass is 16.5. The van der Waals surface area contributed by atoms with E-state index in [9.17, 15) is 0 Å². The van der Waals surface area contributed by atoms with E-state index >= 15 is 0 Å². The molecule has 21 heavy (non-hydrogen) atoms. The summed E-state index contributed by atoms with van der Waals surface area (Å²) in [4.78, 5) is 0. The van der Waals surface area contributed by atoms with Crippen LogP contribution in [0.3, 0.4) is 0 Å². The van der Waals surface area contributed by atoms with Crippen LogP contribution in [0.4, 0.5) is 0 Å². The van der Waals surface area contributed by atoms with E-state index in [0.717, 1.165) is 24.5 Å². The quantitative estimate of drug-likeness (QED) is 0.816. The lowest BCUT2D eigenvalue weighted by Gasteiger charge is -2.19. The average Bonchev–Trinajstić information content (AvgIpc) is 2.85. The van der Waals surface area contributed by atoms with Crippen LogP contribution in [0.2, 0.25) is 0 Å². The maximum absolute atomic E-state index is 5.80. The van der Waals surface area contributed by atoms with Crippen LogP contribution < -0.4 is 10.1 Å². The minimum absolute atomic E-state index is 0.0654. The first kappa shape index (κ1) is 15.6. The molecule has 0 aliphatic heterocycles. The zero-order valence-corrected chi connectivity index (χ0v) is 13.3. The lowest BCUT2D eigenvalue weighted by molar-refractivity contribution is 0.242. The van der Waals surface area contributed by atoms with Gasteiger partial charge in [0, 0.05) is 0 Å². The van der Waals surface area contributed by atoms with Crippen LogP contribution in [0.5, 0.6) is 5.75 Å². The maximum atomic E-state index is 5.80. The first-order valence-corrected chi connectivity index (χ1v) is 7.65. The Balaban J connectivity index is 2.30. The number of aryl methyl sites for hydroxylation is 1. The van der Waals surface area contributed by atoms with Gasteiger partial charge in [0.25, 0.3) is 0 Å². The molecule has 0 aliphatic carbocycles. The Morgan fingerprint density at radius 1 is 1.24 bits per heavy atom. The number of benzene rings is 1. The lowest BCUT2D eigenvalue weighted by Crippen LogP contribution is -2.23. The van der Waals surface area contributed by atoms with Gasteiger partial charge in [-0.15, -0.1) is 0 Å². The first-order valence-electron chi connectivity index (χ1n) is 7.65. The van der Waals surface area contributed by atoms with Crippen LogP contribution in [0.25, 0.3) is 0 Å². The topological polar surface area (TPSA) is 34.4 Å². The summed E-state index contributed by atoms with van der Waals surface area (Å²) >= 11 is 0. The molecule has 1 atom stereocenters. The number of ether oxygens (including phenoxy) is 1. The Kier molecular flexibility index (Phi) is 5.45. The molecule has 114 valence electrons. The molecule has 1 N–H and O–H groups in total. The fourth-order valence-electron chi connectivity index (χ4n) is 2.37. The van der Waals surface area contributed by atoms with E-state index in [1.54, 1.807) is 6.26 Å². The van der Waals surface area contributed by atoms with Gasteiger partial charge in [-0.05, 0) is 63.1 Å². The molecule has 0 radical (unpaired) electrons. The second kappa shape index (κ2) is 7.32. The van der Waals surface area contributed by atoms with Crippen molar-refractivity contribution in [1.29, 1.82) is 0 Å². The smallest absolute Gasteiger partial charge is 0.128 e. The molecule has 0 bridgehead atoms. The third-order valence-corrected chi connectivity index (χ3v) is 3.33. The standard InChI is InChI=1S/C18H25NO2/c1-5-10-19-17(18-14(4)9-11-20-18)15-7-6-8-16(12-15)21-13(2)3/h6-9,11-13,17,19H,5,10H2,1-4H3. The van der Waals surface area contributed by atoms with Crippen molar-refractivity contribution in [2.75, 3.05) is 6.54 Å². The Morgan fingerprint density at radius 3 is 2.67 bits per heavy atom. The molecule has 0 aliphatic rings. The average molecular weight is 287 g/mol. The van der Waals surface area contributed by atoms with E-state index in [2.05, 4.69) is 31.3 Å². The highest BCUT2D eigenvalue weighted by Gasteiger charge is 2.19. The van der Waals surface area contributed by atoms with Gasteiger partial charge >= 0.3 is 0 Å². The summed E-state index contributed by atoms with van der Waals surface area (Å²) in [5.41, 5.74) is 2.33. The van der Waals surface area contributed by atoms with E-state index in [1.807, 2.05) is 32.0 Å². The molecule has 0 saturated carbocycles. The lowest BCUT2D eigenvalue weighted by atomic mass is 10.0. The van der Waals surface area contributed by atoms with Gasteiger partial charge < -0.3 is 14.5 Å². The van der Waals surface area contributed by atoms with Crippen molar-refractivity contribution in [3.8, 4) is 5.75 Å². The van der Waals surface area contributed by atoms with Crippen molar-refractivity contribution < 1.29 is 9.15 Å². The molecule has 2 rings (SSSR count). The van der Waals surface area contributed by atoms with Gasteiger partial charge in [-0.2, -0.15) is 0 Å². The minimum atomic E-state index is 0.0654. The van der Waals surface area contributed by atoms with Crippen molar-refractivity contribution in [2.45, 2.75) is 46.3 Å². The Morgan fingerprint density at radius 2 is 2.05 bits per heavy atom. The minimum Gasteiger partial charge on any atom is -0.491 e. The largest absolute Gasteiger partial charge is 0.491 e. The predicted molar refractivity (Wildman–Crippen MR) is 85.8 cm³/mol. The summed E-state index contributed by atoms with van der Waals surface area (Å²) in [6.45, 7) is 9.26. The summed E-state index contributed by atoms with van der Waals surface area (Å²) in [5.74, 6) is 1.88. The molecular formula is C18H25NO2. The second-order valence-corrected chi connectivity index (χ2v) is 5.59. The molecule has 0 saturated heterocycles. The fourth-order valence-corrected chi connectivity index (χ4v) is 2.37. The van der Waals surface area contributed by atoms with Gasteiger partial charge in [-0.25, -0.2) is 0 Å². The van der Waals surface area contributed by atoms with Crippen LogP contribution in [0, 0.1) is 6.92 Å². The molecular weight excluding hydrogens is 262 g/mol. The van der Waals surface area contributed by atoms with Crippen molar-refractivity contribution in [3.05, 3.63) is 53.5 Å². The summed E-state index contributed by atoms with van der Waals surface area (Å²) in [6, 6.07) is 10.3. The van der Waals surface area contributed by atoms with Crippen LogP contribution in [0.1, 0.15) is 50.1 Å². The van der Waals surface area contributed by atoms with Gasteiger partial charge in [0.05, 0.1) is 18.4 Å². The summed E-state index contributed by atoms with van der Waals surface area (Å²) < 4.78 is 11.5. The molecule has 1 unspecified atom stereocenters. The van der Waals surface area contributed by atoms with E-state index in [0.29, 0.717) is 0 Å². The number of rotatable bonds is 7. The van der Waals surface area contributed by atoms with E-state index < -0.39 is 0 Å². The summed E-state index contributed by atoms with van der Waals surface area (Å²) in [6.07, 6.45) is 3.01. The van der Waals surface area contributed by atoms with Gasteiger partial charge in [-0.3, -0.25) is 0 Å². The fraction of sp³-hybridized carbons (Fsp3) is 0.444. The Bertz CT molecular complexity index is 560. The van der Waals surface area contributed by atoms with Crippen molar-refractivity contribution in [3.63, 3.8) is 0 Å². The van der Waals surface area contributed by atoms with Crippen LogP contribution in [-0.4, -0.2) is 12.6 Å². The highest BCUT2D eigenvalue weighted by molar-refractivity contribution is 5.36. The monoisotopic (exact) mass is 287 g/mol. The molecule has 1 heterocycles. The molecule has 0 fully saturated rings. The van der Waals surface area contributed by atoms with E-state index in [-0.39, 0.29) is 12.1 Å². The van der Waals surface area contributed by atoms with Gasteiger partial charge in [0.1, 0.15) is 11.5 Å². The van der Waals surface area contributed by atoms with Crippen LogP contribution in [0.15, 0.2) is 41.0 Å². The van der Waals surface area contributed by atoms with Crippen LogP contribution in [-0.2, 0) is 0 Å². The van der Waals surface area contributed by atoms with Gasteiger partial charge in [0.15, 0.2) is 0 Å². The zero-order chi connectivity index (χ0) is 15.2. The molecule has 1 aromatic heterocycles. The third kappa shape index (κ3) is 4.11. The second-order valence-electron chi connectivity index (χ2n) is 5.59. The summed E-state index contributed by atoms with van der Waals surface area (Å²) in [7, 11) is 0. The molecule has 3 nitrogen and oxygen atoms in total. The normalized spacial score (nSPS) is 12.6. The van der Waals surface area contributed by atoms with Crippen LogP contribution >= 0.6 is 0 Å². The summed E-state index contributed by atoms with van der Waals surface area (Å²) in [5, 5.41) is 3.56. The SMILES string of the molecule is CCCNC(c1cccc(OC(C)C)c1)c1occc1C. The molecule has 1 aromatic carbocycles. The maximum Gasteiger partial charge on any atom is 0.128 e. The molecule has 2 aromatic rings. The zero-order valence-electron chi connectivity index (χ0n) is 13.3.